The van der Waals surface area contributed by atoms with Crippen LogP contribution in [-0.2, 0) is 16.4 Å². The Morgan fingerprint density at radius 1 is 1.24 bits per heavy atom. The fraction of sp³-hybridized carbons (Fsp3) is 0.625. The lowest BCUT2D eigenvalue weighted by molar-refractivity contribution is 0.405. The smallest absolute Gasteiger partial charge is 0.243 e. The molecule has 1 aliphatic heterocycles. The van der Waals surface area contributed by atoms with Crippen molar-refractivity contribution in [2.24, 2.45) is 5.92 Å². The largest absolute Gasteiger partial charge is 0.320 e. The van der Waals surface area contributed by atoms with Gasteiger partial charge >= 0.3 is 0 Å². The Labute approximate surface area is 128 Å². The molecule has 1 fully saturated rings. The molecule has 0 radical (unpaired) electrons. The number of nitrogens with one attached hydrogen (secondary N) is 1. The monoisotopic (exact) mass is 310 g/mol. The minimum absolute atomic E-state index is 0.0975. The Morgan fingerprint density at radius 3 is 2.43 bits per heavy atom. The highest BCUT2D eigenvalue weighted by atomic mass is 32.2. The van der Waals surface area contributed by atoms with Crippen LogP contribution in [0.4, 0.5) is 0 Å². The Bertz CT molecular complexity index is 554. The van der Waals surface area contributed by atoms with Crippen molar-refractivity contribution in [3.8, 4) is 0 Å². The Hall–Kier alpha value is -0.910. The first-order chi connectivity index (χ1) is 9.95. The SMILES string of the molecule is CNCCCc1ccc(S(=O)(=O)N2CC(C)CC2C)cc1. The van der Waals surface area contributed by atoms with Gasteiger partial charge in [-0.1, -0.05) is 19.1 Å². The molecule has 4 nitrogen and oxygen atoms in total. The van der Waals surface area contributed by atoms with Crippen molar-refractivity contribution in [1.82, 2.24) is 9.62 Å². The molecule has 0 amide bonds. The van der Waals surface area contributed by atoms with Crippen molar-refractivity contribution < 1.29 is 8.42 Å². The molecule has 0 bridgehead atoms. The predicted molar refractivity (Wildman–Crippen MR) is 85.8 cm³/mol. The number of nitrogens with zero attached hydrogens (tertiary/aromatic N) is 1. The van der Waals surface area contributed by atoms with Crippen LogP contribution in [0.5, 0.6) is 0 Å². The summed E-state index contributed by atoms with van der Waals surface area (Å²) in [4.78, 5) is 0.417. The van der Waals surface area contributed by atoms with Crippen LogP contribution in [0.1, 0.15) is 32.3 Å². The number of hydrogen-bond donors (Lipinski definition) is 1. The maximum Gasteiger partial charge on any atom is 0.243 e. The van der Waals surface area contributed by atoms with E-state index in [1.165, 1.54) is 5.56 Å². The molecular weight excluding hydrogens is 284 g/mol. The second-order valence-corrected chi connectivity index (χ2v) is 8.01. The van der Waals surface area contributed by atoms with E-state index in [9.17, 15) is 8.42 Å². The van der Waals surface area contributed by atoms with Crippen LogP contribution in [0.2, 0.25) is 0 Å². The highest BCUT2D eigenvalue weighted by molar-refractivity contribution is 7.89. The lowest BCUT2D eigenvalue weighted by Crippen LogP contribution is -2.33. The first kappa shape index (κ1) is 16.5. The van der Waals surface area contributed by atoms with Crippen molar-refractivity contribution in [3.63, 3.8) is 0 Å². The molecule has 2 atom stereocenters. The molecule has 0 spiro atoms. The molecule has 1 heterocycles. The van der Waals surface area contributed by atoms with Crippen LogP contribution in [0.3, 0.4) is 0 Å². The molecule has 1 aliphatic rings. The van der Waals surface area contributed by atoms with Gasteiger partial charge in [-0.2, -0.15) is 4.31 Å². The minimum atomic E-state index is -3.34. The molecular formula is C16H26N2O2S. The molecule has 1 aromatic rings. The van der Waals surface area contributed by atoms with E-state index in [0.717, 1.165) is 25.8 Å². The number of benzene rings is 1. The second kappa shape index (κ2) is 6.90. The summed E-state index contributed by atoms with van der Waals surface area (Å²) in [5, 5.41) is 3.12. The van der Waals surface area contributed by atoms with Crippen molar-refractivity contribution in [1.29, 1.82) is 0 Å². The van der Waals surface area contributed by atoms with Gasteiger partial charge in [0.25, 0.3) is 0 Å². The van der Waals surface area contributed by atoms with Crippen molar-refractivity contribution >= 4 is 10.0 Å². The zero-order valence-electron chi connectivity index (χ0n) is 13.2. The summed E-state index contributed by atoms with van der Waals surface area (Å²) in [6.07, 6.45) is 2.98. The zero-order chi connectivity index (χ0) is 15.5. The average molecular weight is 310 g/mol. The third-order valence-electron chi connectivity index (χ3n) is 4.15. The van der Waals surface area contributed by atoms with Crippen LogP contribution in [-0.4, -0.2) is 38.9 Å². The summed E-state index contributed by atoms with van der Waals surface area (Å²) in [7, 11) is -1.40. The topological polar surface area (TPSA) is 49.4 Å². The Morgan fingerprint density at radius 2 is 1.90 bits per heavy atom. The molecule has 0 aromatic heterocycles. The van der Waals surface area contributed by atoms with Crippen LogP contribution in [0.15, 0.2) is 29.2 Å². The van der Waals surface area contributed by atoms with Gasteiger partial charge in [0.15, 0.2) is 0 Å². The maximum atomic E-state index is 12.7. The maximum absolute atomic E-state index is 12.7. The highest BCUT2D eigenvalue weighted by Gasteiger charge is 2.35. The van der Waals surface area contributed by atoms with Gasteiger partial charge in [-0.15, -0.1) is 0 Å². The van der Waals surface area contributed by atoms with Crippen molar-refractivity contribution in [3.05, 3.63) is 29.8 Å². The van der Waals surface area contributed by atoms with Crippen LogP contribution in [0, 0.1) is 5.92 Å². The molecule has 0 aliphatic carbocycles. The van der Waals surface area contributed by atoms with E-state index >= 15 is 0 Å². The van der Waals surface area contributed by atoms with Gasteiger partial charge in [-0.05, 0) is 63.4 Å². The number of hydrogen-bond acceptors (Lipinski definition) is 3. The minimum Gasteiger partial charge on any atom is -0.320 e. The molecule has 21 heavy (non-hydrogen) atoms. The number of sulfonamides is 1. The van der Waals surface area contributed by atoms with Crippen molar-refractivity contribution in [2.45, 2.75) is 44.0 Å². The van der Waals surface area contributed by atoms with Gasteiger partial charge < -0.3 is 5.32 Å². The van der Waals surface area contributed by atoms with Crippen LogP contribution < -0.4 is 5.32 Å². The molecule has 2 unspecified atom stereocenters. The summed E-state index contributed by atoms with van der Waals surface area (Å²) in [6, 6.07) is 7.47. The quantitative estimate of drug-likeness (QED) is 0.820. The predicted octanol–water partition coefficient (Wildman–Crippen LogP) is 2.26. The molecule has 0 saturated carbocycles. The summed E-state index contributed by atoms with van der Waals surface area (Å²) in [5.74, 6) is 0.440. The third-order valence-corrected chi connectivity index (χ3v) is 6.14. The van der Waals surface area contributed by atoms with E-state index in [2.05, 4.69) is 12.2 Å². The van der Waals surface area contributed by atoms with Gasteiger partial charge in [0.05, 0.1) is 4.90 Å². The normalized spacial score (nSPS) is 23.6. The highest BCUT2D eigenvalue weighted by Crippen LogP contribution is 2.29. The molecule has 1 saturated heterocycles. The first-order valence-corrected chi connectivity index (χ1v) is 9.14. The molecule has 2 rings (SSSR count). The molecule has 118 valence electrons. The van der Waals surface area contributed by atoms with E-state index in [1.807, 2.05) is 26.1 Å². The van der Waals surface area contributed by atoms with Gasteiger partial charge in [0.2, 0.25) is 10.0 Å². The Balaban J connectivity index is 2.10. The van der Waals surface area contributed by atoms with Gasteiger partial charge in [0.1, 0.15) is 0 Å². The summed E-state index contributed by atoms with van der Waals surface area (Å²) < 4.78 is 27.0. The Kier molecular flexibility index (Phi) is 5.41. The molecule has 1 aromatic carbocycles. The third kappa shape index (κ3) is 3.84. The van der Waals surface area contributed by atoms with E-state index in [1.54, 1.807) is 16.4 Å². The number of rotatable bonds is 6. The van der Waals surface area contributed by atoms with Crippen molar-refractivity contribution in [2.75, 3.05) is 20.1 Å². The summed E-state index contributed by atoms with van der Waals surface area (Å²) in [6.45, 7) is 5.71. The molecule has 1 N–H and O–H groups in total. The zero-order valence-corrected chi connectivity index (χ0v) is 14.0. The molecule has 5 heteroatoms. The second-order valence-electron chi connectivity index (χ2n) is 6.12. The summed E-state index contributed by atoms with van der Waals surface area (Å²) >= 11 is 0. The van der Waals surface area contributed by atoms with Gasteiger partial charge in [-0.25, -0.2) is 8.42 Å². The van der Waals surface area contributed by atoms with Crippen LogP contribution in [0.25, 0.3) is 0 Å². The van der Waals surface area contributed by atoms with Gasteiger partial charge in [-0.3, -0.25) is 0 Å². The van der Waals surface area contributed by atoms with E-state index in [-0.39, 0.29) is 6.04 Å². The summed E-state index contributed by atoms with van der Waals surface area (Å²) in [5.41, 5.74) is 1.19. The van der Waals surface area contributed by atoms with Crippen LogP contribution >= 0.6 is 0 Å². The average Bonchev–Trinajstić information content (AvgIpc) is 2.79. The van der Waals surface area contributed by atoms with E-state index in [0.29, 0.717) is 17.4 Å². The van der Waals surface area contributed by atoms with E-state index < -0.39 is 10.0 Å². The first-order valence-electron chi connectivity index (χ1n) is 7.70. The number of aryl methyl sites for hydroxylation is 1. The lowest BCUT2D eigenvalue weighted by atomic mass is 10.1. The standard InChI is InChI=1S/C16H26N2O2S/c1-13-11-14(2)18(12-13)21(19,20)16-8-6-15(7-9-16)5-4-10-17-3/h6-9,13-14,17H,4-5,10-12H2,1-3H3. The fourth-order valence-corrected chi connectivity index (χ4v) is 4.79. The lowest BCUT2D eigenvalue weighted by Gasteiger charge is -2.21. The fourth-order valence-electron chi connectivity index (χ4n) is 3.03. The van der Waals surface area contributed by atoms with E-state index in [4.69, 9.17) is 0 Å². The van der Waals surface area contributed by atoms with Gasteiger partial charge in [0, 0.05) is 12.6 Å².